The summed E-state index contributed by atoms with van der Waals surface area (Å²) in [5, 5.41) is 4.91. The Morgan fingerprint density at radius 1 is 0.276 bits per heavy atom. The van der Waals surface area contributed by atoms with Crippen molar-refractivity contribution in [2.24, 2.45) is 0 Å². The summed E-state index contributed by atoms with van der Waals surface area (Å²) < 4.78 is 0. The molecule has 58 heavy (non-hydrogen) atoms. The quantitative estimate of drug-likeness (QED) is 0.152. The second-order valence-electron chi connectivity index (χ2n) is 15.1. The van der Waals surface area contributed by atoms with Gasteiger partial charge >= 0.3 is 0 Å². The lowest BCUT2D eigenvalue weighted by molar-refractivity contribution is 1.27. The van der Waals surface area contributed by atoms with Gasteiger partial charge in [-0.1, -0.05) is 146 Å². The Labute approximate surface area is 339 Å². The number of aromatic nitrogens is 2. The van der Waals surface area contributed by atoms with Gasteiger partial charge in [-0.2, -0.15) is 0 Å². The van der Waals surface area contributed by atoms with E-state index in [-0.39, 0.29) is 0 Å². The summed E-state index contributed by atoms with van der Waals surface area (Å²) >= 11 is 0. The first-order valence-corrected chi connectivity index (χ1v) is 19.9. The molecule has 0 radical (unpaired) electrons. The van der Waals surface area contributed by atoms with Crippen molar-refractivity contribution in [3.63, 3.8) is 0 Å². The zero-order valence-corrected chi connectivity index (χ0v) is 32.5. The van der Waals surface area contributed by atoms with Gasteiger partial charge in [0.1, 0.15) is 0 Å². The number of rotatable bonds is 7. The lowest BCUT2D eigenvalue weighted by Crippen LogP contribution is -1.93. The molecule has 0 saturated heterocycles. The van der Waals surface area contributed by atoms with Crippen molar-refractivity contribution in [1.29, 1.82) is 0 Å². The first-order valence-electron chi connectivity index (χ1n) is 19.9. The predicted molar refractivity (Wildman–Crippen MR) is 245 cm³/mol. The molecule has 0 amide bonds. The summed E-state index contributed by atoms with van der Waals surface area (Å²) in [6, 6.07) is 66.8. The molecule has 10 aromatic rings. The van der Waals surface area contributed by atoms with Crippen LogP contribution in [0.2, 0.25) is 0 Å². The highest BCUT2D eigenvalue weighted by Crippen LogP contribution is 2.46. The number of hydrogen-bond acceptors (Lipinski definition) is 2. The first kappa shape index (κ1) is 35.0. The Kier molecular flexibility index (Phi) is 9.01. The number of fused-ring (bicyclic) bond motifs is 2. The molecule has 0 bridgehead atoms. The van der Waals surface area contributed by atoms with Crippen molar-refractivity contribution in [2.75, 3.05) is 0 Å². The third-order valence-corrected chi connectivity index (χ3v) is 11.5. The average molecular weight is 741 g/mol. The lowest BCUT2D eigenvalue weighted by atomic mass is 9.84. The van der Waals surface area contributed by atoms with Crippen LogP contribution in [-0.4, -0.2) is 9.97 Å². The van der Waals surface area contributed by atoms with Gasteiger partial charge in [0.2, 0.25) is 0 Å². The fourth-order valence-electron chi connectivity index (χ4n) is 8.60. The van der Waals surface area contributed by atoms with E-state index < -0.39 is 0 Å². The molecule has 0 aliphatic rings. The average Bonchev–Trinajstić information content (AvgIpc) is 3.29. The van der Waals surface area contributed by atoms with E-state index in [1.54, 1.807) is 0 Å². The van der Waals surface area contributed by atoms with Crippen LogP contribution >= 0.6 is 0 Å². The molecular weight excluding hydrogens is 701 g/mol. The van der Waals surface area contributed by atoms with E-state index in [0.717, 1.165) is 5.56 Å². The van der Waals surface area contributed by atoms with Gasteiger partial charge in [0.15, 0.2) is 0 Å². The van der Waals surface area contributed by atoms with Crippen LogP contribution in [0.3, 0.4) is 0 Å². The molecule has 274 valence electrons. The standard InChI is InChI=1S/C56H40N2/c1-37-35-57-29-27-49(37)41-17-21-43(22-18-41)55-51-15-9-10-16-52(51)56(44-23-19-42(20-24-44)50-28-30-58-36-38(50)2)54-34-45(25-26-53(54)55)48-32-46(39-11-5-3-6-12-39)31-47(33-48)40-13-7-4-8-14-40/h3-36H,1-2H3. The van der Waals surface area contributed by atoms with Gasteiger partial charge in [0, 0.05) is 24.8 Å². The maximum absolute atomic E-state index is 4.34. The number of hydrogen-bond donors (Lipinski definition) is 0. The van der Waals surface area contributed by atoms with Gasteiger partial charge in [-0.05, 0) is 161 Å². The van der Waals surface area contributed by atoms with Gasteiger partial charge in [-0.15, -0.1) is 0 Å². The van der Waals surface area contributed by atoms with Crippen molar-refractivity contribution < 1.29 is 0 Å². The third kappa shape index (κ3) is 6.45. The molecule has 0 aliphatic heterocycles. The summed E-state index contributed by atoms with van der Waals surface area (Å²) in [4.78, 5) is 8.66. The molecule has 10 rings (SSSR count). The summed E-state index contributed by atoms with van der Waals surface area (Å²) in [6.07, 6.45) is 7.61. The number of nitrogens with zero attached hydrogens (tertiary/aromatic N) is 2. The highest BCUT2D eigenvalue weighted by Gasteiger charge is 2.19. The van der Waals surface area contributed by atoms with Crippen molar-refractivity contribution in [2.45, 2.75) is 13.8 Å². The zero-order valence-electron chi connectivity index (χ0n) is 32.5. The monoisotopic (exact) mass is 740 g/mol. The number of benzene rings is 8. The minimum absolute atomic E-state index is 1.16. The molecule has 0 spiro atoms. The smallest absolute Gasteiger partial charge is 0.0303 e. The molecule has 0 atom stereocenters. The maximum atomic E-state index is 4.34. The fraction of sp³-hybridized carbons (Fsp3) is 0.0357. The maximum Gasteiger partial charge on any atom is 0.0303 e. The van der Waals surface area contributed by atoms with E-state index in [4.69, 9.17) is 0 Å². The van der Waals surface area contributed by atoms with Crippen LogP contribution in [-0.2, 0) is 0 Å². The molecular formula is C56H40N2. The fourth-order valence-corrected chi connectivity index (χ4v) is 8.60. The van der Waals surface area contributed by atoms with Crippen molar-refractivity contribution >= 4 is 21.5 Å². The molecule has 2 nitrogen and oxygen atoms in total. The molecule has 2 heteroatoms. The van der Waals surface area contributed by atoms with E-state index in [9.17, 15) is 0 Å². The summed E-state index contributed by atoms with van der Waals surface area (Å²) in [5.41, 5.74) is 19.1. The normalized spacial score (nSPS) is 11.3. The molecule has 0 aliphatic carbocycles. The van der Waals surface area contributed by atoms with Crippen LogP contribution in [0.5, 0.6) is 0 Å². The Bertz CT molecular complexity index is 3030. The van der Waals surface area contributed by atoms with Crippen LogP contribution in [0.4, 0.5) is 0 Å². The number of aryl methyl sites for hydroxylation is 2. The highest BCUT2D eigenvalue weighted by molar-refractivity contribution is 6.22. The van der Waals surface area contributed by atoms with Crippen LogP contribution in [0.1, 0.15) is 11.1 Å². The Balaban J connectivity index is 1.22. The zero-order chi connectivity index (χ0) is 39.0. The van der Waals surface area contributed by atoms with Gasteiger partial charge in [-0.3, -0.25) is 9.97 Å². The highest BCUT2D eigenvalue weighted by atomic mass is 14.6. The minimum atomic E-state index is 1.16. The van der Waals surface area contributed by atoms with E-state index in [1.165, 1.54) is 105 Å². The van der Waals surface area contributed by atoms with E-state index in [0.29, 0.717) is 0 Å². The predicted octanol–water partition coefficient (Wildman–Crippen LogP) is 15.1. The van der Waals surface area contributed by atoms with Crippen LogP contribution in [0.15, 0.2) is 207 Å². The van der Waals surface area contributed by atoms with Gasteiger partial charge in [-0.25, -0.2) is 0 Å². The Morgan fingerprint density at radius 2 is 0.655 bits per heavy atom. The Morgan fingerprint density at radius 3 is 1.12 bits per heavy atom. The molecule has 8 aromatic carbocycles. The van der Waals surface area contributed by atoms with Gasteiger partial charge in [0.25, 0.3) is 0 Å². The first-order chi connectivity index (χ1) is 28.6. The number of pyridine rings is 2. The molecule has 2 heterocycles. The summed E-state index contributed by atoms with van der Waals surface area (Å²) in [5.74, 6) is 0. The topological polar surface area (TPSA) is 25.8 Å². The molecule has 0 unspecified atom stereocenters. The van der Waals surface area contributed by atoms with E-state index in [1.807, 2.05) is 24.8 Å². The van der Waals surface area contributed by atoms with Gasteiger partial charge in [0.05, 0.1) is 0 Å². The van der Waals surface area contributed by atoms with E-state index in [2.05, 4.69) is 206 Å². The van der Waals surface area contributed by atoms with Crippen LogP contribution < -0.4 is 0 Å². The minimum Gasteiger partial charge on any atom is -0.264 e. The lowest BCUT2D eigenvalue weighted by Gasteiger charge is -2.20. The second kappa shape index (κ2) is 14.9. The molecule has 0 saturated carbocycles. The molecule has 2 aromatic heterocycles. The van der Waals surface area contributed by atoms with Crippen molar-refractivity contribution in [3.05, 3.63) is 218 Å². The SMILES string of the molecule is Cc1cnccc1-c1ccc(-c2c3ccccc3c(-c3ccc(-c4ccncc4C)cc3)c3cc(-c4cc(-c5ccccc5)cc(-c5ccccc5)c4)ccc23)cc1. The second-order valence-corrected chi connectivity index (χ2v) is 15.1. The van der Waals surface area contributed by atoms with Crippen LogP contribution in [0.25, 0.3) is 99.4 Å². The van der Waals surface area contributed by atoms with E-state index >= 15 is 0 Å². The third-order valence-electron chi connectivity index (χ3n) is 11.5. The molecule has 0 fully saturated rings. The van der Waals surface area contributed by atoms with Gasteiger partial charge < -0.3 is 0 Å². The van der Waals surface area contributed by atoms with Crippen LogP contribution in [0, 0.1) is 13.8 Å². The summed E-state index contributed by atoms with van der Waals surface area (Å²) in [6.45, 7) is 4.24. The summed E-state index contributed by atoms with van der Waals surface area (Å²) in [7, 11) is 0. The largest absolute Gasteiger partial charge is 0.264 e. The molecule has 0 N–H and O–H groups in total. The van der Waals surface area contributed by atoms with Crippen molar-refractivity contribution in [1.82, 2.24) is 9.97 Å². The van der Waals surface area contributed by atoms with Crippen molar-refractivity contribution in [3.8, 4) is 77.9 Å². The Hall–Kier alpha value is -7.42.